The zero-order valence-electron chi connectivity index (χ0n) is 58.0. The minimum absolute atomic E-state index is 0.0136. The maximum Gasteiger partial charge on any atom is 0.326 e. The van der Waals surface area contributed by atoms with Crippen molar-refractivity contribution >= 4 is 121 Å². The molecular weight excluding hydrogens is 1340 g/mol. The van der Waals surface area contributed by atoms with Crippen molar-refractivity contribution in [2.45, 2.75) is 145 Å². The molecule has 0 aliphatic rings. The fraction of sp³-hybridized carbons (Fsp3) is 0.403. The number of rotatable bonds is 41. The number of carboxylic acids is 1. The largest absolute Gasteiger partial charge is 0.480 e. The molecule has 0 radical (unpaired) electrons. The normalized spacial score (nSPS) is 14.0. The molecule has 4 aromatic carbocycles. The molecule has 30 nitrogen and oxygen atoms in total. The van der Waals surface area contributed by atoms with Crippen molar-refractivity contribution in [1.82, 2.24) is 73.1 Å². The highest BCUT2D eigenvalue weighted by Crippen LogP contribution is 2.25. The number of amides is 8. The third-order valence-electron chi connectivity index (χ3n) is 17.9. The highest BCUT2D eigenvalue weighted by atomic mass is 32.2. The van der Waals surface area contributed by atoms with Gasteiger partial charge in [-0.1, -0.05) is 86.6 Å². The first kappa shape index (κ1) is 77.8. The number of carbonyl (C=O) groups excluding carboxylic acids is 8. The third-order valence-corrected chi connectivity index (χ3v) is 18.6. The Labute approximate surface area is 599 Å². The molecule has 8 rings (SSSR count). The van der Waals surface area contributed by atoms with Crippen LogP contribution in [0.5, 0.6) is 0 Å². The number of thioether (sulfide) groups is 1. The summed E-state index contributed by atoms with van der Waals surface area (Å²) in [7, 11) is 0. The zero-order chi connectivity index (χ0) is 74.1. The van der Waals surface area contributed by atoms with E-state index in [2.05, 4.69) is 73.1 Å². The number of unbranched alkanes of at least 4 members (excludes halogenated alkanes) is 1. The minimum atomic E-state index is -1.49. The Kier molecular flexibility index (Phi) is 28.9. The number of hydrogen-bond donors (Lipinski definition) is 21. The highest BCUT2D eigenvalue weighted by molar-refractivity contribution is 7.98. The van der Waals surface area contributed by atoms with Crippen molar-refractivity contribution in [3.8, 4) is 0 Å². The van der Waals surface area contributed by atoms with Crippen LogP contribution in [0, 0.1) is 16.7 Å². The fourth-order valence-electron chi connectivity index (χ4n) is 12.3. The molecule has 0 unspecified atom stereocenters. The highest BCUT2D eigenvalue weighted by Gasteiger charge is 2.37. The second kappa shape index (κ2) is 38.2. The summed E-state index contributed by atoms with van der Waals surface area (Å²) >= 11 is 1.39. The Morgan fingerprint density at radius 1 is 0.427 bits per heavy atom. The van der Waals surface area contributed by atoms with E-state index in [0.29, 0.717) is 58.2 Å². The lowest BCUT2D eigenvalue weighted by Crippen LogP contribution is -2.61. The lowest BCUT2D eigenvalue weighted by molar-refractivity contribution is -0.143. The molecule has 0 bridgehead atoms. The molecule has 8 aromatic rings. The number of aromatic nitrogens is 4. The number of nitrogens with two attached hydrogens (primary N) is 4. The van der Waals surface area contributed by atoms with Crippen LogP contribution >= 0.6 is 11.8 Å². The maximum absolute atomic E-state index is 15.5. The van der Waals surface area contributed by atoms with Crippen LogP contribution in [0.15, 0.2) is 122 Å². The van der Waals surface area contributed by atoms with E-state index >= 15 is 14.4 Å². The molecule has 9 atom stereocenters. The van der Waals surface area contributed by atoms with E-state index < -0.39 is 114 Å². The standard InChI is InChI=1S/C72H96N20O10S/c1-40(2)61(70(101)102)92-69(100)60(35-44-39-84-53-24-11-7-19-48(44)53)90-64(95)55(26-15-30-80-72(77)78)86-67(98)58(33-42-37-82-51-22-9-5-17-46(42)51)91-68(99)59(34-43-38-83-52-23-10-6-18-47(43)52)89-65(96)56(27-31-103-3)87-63(94)54(25-12-13-28-73)85-66(97)57(32-41-36-81-50-21-8-4-16-45(41)50)88-62(93)49(74)20-14-29-79-71(75)76/h4-11,16-19,21-24,36-40,49,54-61,81-84H,12-15,20,25-35,73-74H2,1-3H3,(H,85,97)(H,86,98)(H,87,94)(H,88,93)(H,89,96)(H,90,95)(H,91,99)(H,92,100)(H,101,102)(H4,75,76,79)(H4,77,78,80)/t49-,54-,55-,56-,57-,58-,59-,60-,61-/m0/s1. The monoisotopic (exact) mass is 1430 g/mol. The van der Waals surface area contributed by atoms with Gasteiger partial charge in [0.05, 0.1) is 6.04 Å². The number of benzene rings is 4. The van der Waals surface area contributed by atoms with Gasteiger partial charge >= 0.3 is 5.97 Å². The Hall–Kier alpha value is -10.9. The first-order valence-corrected chi connectivity index (χ1v) is 35.9. The van der Waals surface area contributed by atoms with Crippen molar-refractivity contribution < 1.29 is 48.3 Å². The number of aromatic amines is 4. The quantitative estimate of drug-likeness (QED) is 0.0148. The Bertz CT molecular complexity index is 4260. The van der Waals surface area contributed by atoms with Gasteiger partial charge in [0.15, 0.2) is 11.9 Å². The molecule has 103 heavy (non-hydrogen) atoms. The van der Waals surface area contributed by atoms with Gasteiger partial charge in [0.1, 0.15) is 48.3 Å². The lowest BCUT2D eigenvalue weighted by atomic mass is 10.00. The number of fused-ring (bicyclic) bond motifs is 4. The summed E-state index contributed by atoms with van der Waals surface area (Å²) in [6.45, 7) is 3.89. The Morgan fingerprint density at radius 2 is 0.728 bits per heavy atom. The molecule has 0 saturated carbocycles. The van der Waals surface area contributed by atoms with Crippen LogP contribution in [0.4, 0.5) is 0 Å². The van der Waals surface area contributed by atoms with Crippen molar-refractivity contribution in [2.24, 2.45) is 28.9 Å². The van der Waals surface area contributed by atoms with Crippen LogP contribution < -0.4 is 76.1 Å². The molecule has 0 spiro atoms. The van der Waals surface area contributed by atoms with E-state index in [1.54, 1.807) is 38.6 Å². The molecule has 25 N–H and O–H groups in total. The van der Waals surface area contributed by atoms with E-state index in [9.17, 15) is 33.9 Å². The number of aliphatic carboxylic acids is 1. The third kappa shape index (κ3) is 22.3. The van der Waals surface area contributed by atoms with Crippen molar-refractivity contribution in [3.63, 3.8) is 0 Å². The molecule has 0 aliphatic heterocycles. The van der Waals surface area contributed by atoms with Crippen molar-refractivity contribution in [3.05, 3.63) is 144 Å². The molecule has 0 aliphatic carbocycles. The van der Waals surface area contributed by atoms with Gasteiger partial charge < -0.3 is 101 Å². The summed E-state index contributed by atoms with van der Waals surface area (Å²) in [5, 5.41) is 56.4. The summed E-state index contributed by atoms with van der Waals surface area (Å²) in [6.07, 6.45) is 9.74. The van der Waals surface area contributed by atoms with Gasteiger partial charge in [0.2, 0.25) is 47.3 Å². The van der Waals surface area contributed by atoms with E-state index in [4.69, 9.17) is 33.8 Å². The summed E-state index contributed by atoms with van der Waals surface area (Å²) in [6, 6.07) is 17.3. The first-order chi connectivity index (χ1) is 49.5. The Balaban J connectivity index is 1.09. The first-order valence-electron chi connectivity index (χ1n) is 34.5. The smallest absolute Gasteiger partial charge is 0.326 e. The molecule has 0 saturated heterocycles. The predicted octanol–water partition coefficient (Wildman–Crippen LogP) is 2.24. The van der Waals surface area contributed by atoms with Crippen molar-refractivity contribution in [2.75, 3.05) is 31.6 Å². The van der Waals surface area contributed by atoms with Crippen molar-refractivity contribution in [1.29, 1.82) is 10.8 Å². The van der Waals surface area contributed by atoms with Gasteiger partial charge in [-0.2, -0.15) is 11.8 Å². The summed E-state index contributed by atoms with van der Waals surface area (Å²) in [5.41, 5.74) is 28.8. The number of hydrogen-bond acceptors (Lipinski definition) is 14. The number of guanidine groups is 2. The number of para-hydroxylation sites is 4. The fourth-order valence-corrected chi connectivity index (χ4v) is 12.8. The van der Waals surface area contributed by atoms with E-state index in [1.165, 1.54) is 11.8 Å². The SMILES string of the molecule is CSCC[C@H](NC(=O)[C@H](CCCCN)NC(=O)[C@H](Cc1c[nH]c2ccccc12)NC(=O)[C@@H](N)CCCNC(=N)N)C(=O)N[C@@H](Cc1c[nH]c2ccccc12)C(=O)N[C@@H](Cc1c[nH]c2ccccc12)C(=O)N[C@@H](CCCNC(=N)N)C(=O)N[C@@H](Cc1c[nH]c2ccccc12)C(=O)N[C@H](C(=O)O)C(C)C. The topological polar surface area (TPSA) is 509 Å². The zero-order valence-corrected chi connectivity index (χ0v) is 58.8. The average molecular weight is 1430 g/mol. The number of carboxylic acid groups (broad SMARTS) is 1. The number of nitrogens with one attached hydrogen (secondary N) is 16. The summed E-state index contributed by atoms with van der Waals surface area (Å²) in [5.74, 6) is -8.29. The van der Waals surface area contributed by atoms with Crippen LogP contribution in [0.2, 0.25) is 0 Å². The Morgan fingerprint density at radius 3 is 1.06 bits per heavy atom. The lowest BCUT2D eigenvalue weighted by Gasteiger charge is -2.28. The van der Waals surface area contributed by atoms with Crippen LogP contribution in [-0.2, 0) is 68.8 Å². The molecule has 550 valence electrons. The molecule has 0 fully saturated rings. The van der Waals surface area contributed by atoms with Gasteiger partial charge in [0.25, 0.3) is 0 Å². The minimum Gasteiger partial charge on any atom is -0.480 e. The van der Waals surface area contributed by atoms with E-state index in [0.717, 1.165) is 32.7 Å². The molecule has 31 heteroatoms. The molecule has 8 amide bonds. The summed E-state index contributed by atoms with van der Waals surface area (Å²) < 4.78 is 0. The second-order valence-electron chi connectivity index (χ2n) is 25.9. The molecular formula is C72H96N20O10S. The maximum atomic E-state index is 15.5. The van der Waals surface area contributed by atoms with Gasteiger partial charge in [0, 0.05) is 107 Å². The summed E-state index contributed by atoms with van der Waals surface area (Å²) in [4.78, 5) is 144. The number of H-pyrrole nitrogens is 4. The van der Waals surface area contributed by atoms with E-state index in [1.807, 2.05) is 103 Å². The van der Waals surface area contributed by atoms with Gasteiger partial charge in [-0.25, -0.2) is 4.79 Å². The van der Waals surface area contributed by atoms with Crippen LogP contribution in [0.1, 0.15) is 87.5 Å². The molecule has 4 aromatic heterocycles. The average Bonchev–Trinajstić information content (AvgIpc) is 1.72. The van der Waals surface area contributed by atoms with E-state index in [-0.39, 0.29) is 89.3 Å². The van der Waals surface area contributed by atoms with Crippen LogP contribution in [0.3, 0.4) is 0 Å². The van der Waals surface area contributed by atoms with Crippen LogP contribution in [0.25, 0.3) is 43.6 Å². The molecule has 4 heterocycles. The van der Waals surface area contributed by atoms with Gasteiger partial charge in [-0.15, -0.1) is 0 Å². The predicted molar refractivity (Wildman–Crippen MR) is 398 cm³/mol. The second-order valence-corrected chi connectivity index (χ2v) is 26.9. The van der Waals surface area contributed by atoms with Crippen LogP contribution in [-0.4, -0.2) is 176 Å². The van der Waals surface area contributed by atoms with Gasteiger partial charge in [-0.05, 0) is 122 Å². The number of carbonyl (C=O) groups is 9. The van der Waals surface area contributed by atoms with Gasteiger partial charge in [-0.3, -0.25) is 49.2 Å².